The first kappa shape index (κ1) is 14.4. The molecule has 0 aromatic heterocycles. The fraction of sp³-hybridized carbons (Fsp3) is 0.917. The Kier molecular flexibility index (Phi) is 6.55. The number of hydrogen-bond acceptors (Lipinski definition) is 3. The fourth-order valence-corrected chi connectivity index (χ4v) is 1.51. The van der Waals surface area contributed by atoms with E-state index in [9.17, 15) is 0 Å². The van der Waals surface area contributed by atoms with Gasteiger partial charge in [0.15, 0.2) is 0 Å². The highest BCUT2D eigenvalue weighted by atomic mass is 15.1. The Hall–Kier alpha value is -0.590. The van der Waals surface area contributed by atoms with Crippen molar-refractivity contribution in [1.82, 2.24) is 10.2 Å². The molecule has 0 rings (SSSR count). The lowest BCUT2D eigenvalue weighted by Gasteiger charge is -2.25. The maximum atomic E-state index is 9.06. The van der Waals surface area contributed by atoms with Gasteiger partial charge in [-0.05, 0) is 53.8 Å². The van der Waals surface area contributed by atoms with Gasteiger partial charge in [0, 0.05) is 6.04 Å². The Balaban J connectivity index is 3.88. The van der Waals surface area contributed by atoms with Gasteiger partial charge in [0.05, 0.1) is 6.07 Å². The molecule has 3 heteroatoms. The lowest BCUT2D eigenvalue weighted by Crippen LogP contribution is -2.41. The van der Waals surface area contributed by atoms with Crippen molar-refractivity contribution in [2.45, 2.75) is 52.1 Å². The highest BCUT2D eigenvalue weighted by molar-refractivity contribution is 5.03. The summed E-state index contributed by atoms with van der Waals surface area (Å²) >= 11 is 0. The van der Waals surface area contributed by atoms with Gasteiger partial charge in [-0.25, -0.2) is 0 Å². The molecule has 0 saturated heterocycles. The minimum atomic E-state index is -0.355. The lowest BCUT2D eigenvalue weighted by atomic mass is 9.97. The van der Waals surface area contributed by atoms with Crippen molar-refractivity contribution in [3.05, 3.63) is 0 Å². The van der Waals surface area contributed by atoms with Crippen molar-refractivity contribution in [2.75, 3.05) is 20.1 Å². The standard InChI is InChI=1S/C12H25N3/c1-6-14-12(4,10-13)8-7-9-15(5)11(2)3/h11,14H,6-9H2,1-5H3. The predicted molar refractivity (Wildman–Crippen MR) is 64.7 cm³/mol. The highest BCUT2D eigenvalue weighted by Crippen LogP contribution is 2.11. The zero-order valence-corrected chi connectivity index (χ0v) is 10.8. The van der Waals surface area contributed by atoms with Gasteiger partial charge in [0.1, 0.15) is 5.54 Å². The van der Waals surface area contributed by atoms with Crippen LogP contribution in [0.5, 0.6) is 0 Å². The summed E-state index contributed by atoms with van der Waals surface area (Å²) in [7, 11) is 2.13. The molecule has 88 valence electrons. The molecule has 0 radical (unpaired) electrons. The summed E-state index contributed by atoms with van der Waals surface area (Å²) in [5.74, 6) is 0. The molecule has 0 aromatic rings. The minimum Gasteiger partial charge on any atom is -0.304 e. The maximum Gasteiger partial charge on any atom is 0.103 e. The molecule has 0 fully saturated rings. The largest absolute Gasteiger partial charge is 0.304 e. The van der Waals surface area contributed by atoms with E-state index < -0.39 is 0 Å². The van der Waals surface area contributed by atoms with Crippen molar-refractivity contribution in [1.29, 1.82) is 5.26 Å². The van der Waals surface area contributed by atoms with Crippen LogP contribution in [0.3, 0.4) is 0 Å². The second kappa shape index (κ2) is 6.81. The second-order valence-corrected chi connectivity index (χ2v) is 4.65. The molecule has 0 saturated carbocycles. The Morgan fingerprint density at radius 2 is 2.07 bits per heavy atom. The minimum absolute atomic E-state index is 0.355. The molecule has 1 atom stereocenters. The average Bonchev–Trinajstić information content (AvgIpc) is 2.18. The van der Waals surface area contributed by atoms with Gasteiger partial charge in [-0.3, -0.25) is 5.32 Å². The molecule has 0 bridgehead atoms. The third-order valence-electron chi connectivity index (χ3n) is 2.88. The highest BCUT2D eigenvalue weighted by Gasteiger charge is 2.21. The van der Waals surface area contributed by atoms with Crippen LogP contribution in [0, 0.1) is 11.3 Å². The van der Waals surface area contributed by atoms with Crippen LogP contribution < -0.4 is 5.32 Å². The quantitative estimate of drug-likeness (QED) is 0.700. The smallest absolute Gasteiger partial charge is 0.103 e. The van der Waals surface area contributed by atoms with Gasteiger partial charge >= 0.3 is 0 Å². The Morgan fingerprint density at radius 3 is 2.47 bits per heavy atom. The summed E-state index contributed by atoms with van der Waals surface area (Å²) in [5.41, 5.74) is -0.355. The van der Waals surface area contributed by atoms with Gasteiger partial charge in [-0.15, -0.1) is 0 Å². The second-order valence-electron chi connectivity index (χ2n) is 4.65. The molecule has 3 nitrogen and oxygen atoms in total. The van der Waals surface area contributed by atoms with Crippen molar-refractivity contribution >= 4 is 0 Å². The van der Waals surface area contributed by atoms with E-state index >= 15 is 0 Å². The van der Waals surface area contributed by atoms with Crippen LogP contribution in [-0.4, -0.2) is 36.6 Å². The molecule has 0 aliphatic heterocycles. The van der Waals surface area contributed by atoms with Crippen LogP contribution >= 0.6 is 0 Å². The Labute approximate surface area is 94.5 Å². The molecular weight excluding hydrogens is 186 g/mol. The zero-order valence-electron chi connectivity index (χ0n) is 10.8. The van der Waals surface area contributed by atoms with Crippen molar-refractivity contribution in [3.63, 3.8) is 0 Å². The van der Waals surface area contributed by atoms with E-state index in [0.717, 1.165) is 25.9 Å². The first-order valence-electron chi connectivity index (χ1n) is 5.81. The van der Waals surface area contributed by atoms with E-state index in [1.54, 1.807) is 0 Å². The maximum absolute atomic E-state index is 9.06. The molecule has 0 heterocycles. The molecule has 1 unspecified atom stereocenters. The van der Waals surface area contributed by atoms with Gasteiger partial charge in [0.2, 0.25) is 0 Å². The van der Waals surface area contributed by atoms with Crippen molar-refractivity contribution < 1.29 is 0 Å². The van der Waals surface area contributed by atoms with E-state index in [2.05, 4.69) is 37.2 Å². The Morgan fingerprint density at radius 1 is 1.47 bits per heavy atom. The zero-order chi connectivity index (χ0) is 11.9. The van der Waals surface area contributed by atoms with Crippen LogP contribution in [0.2, 0.25) is 0 Å². The average molecular weight is 211 g/mol. The summed E-state index contributed by atoms with van der Waals surface area (Å²) in [4.78, 5) is 2.31. The van der Waals surface area contributed by atoms with Gasteiger partial charge in [0.25, 0.3) is 0 Å². The summed E-state index contributed by atoms with van der Waals surface area (Å²) in [6.07, 6.45) is 1.97. The van der Waals surface area contributed by atoms with Crippen molar-refractivity contribution in [2.24, 2.45) is 0 Å². The first-order chi connectivity index (χ1) is 6.95. The van der Waals surface area contributed by atoms with Gasteiger partial charge in [-0.1, -0.05) is 6.92 Å². The number of nitrogens with one attached hydrogen (secondary N) is 1. The summed E-state index contributed by atoms with van der Waals surface area (Å²) in [6, 6.07) is 2.93. The van der Waals surface area contributed by atoms with E-state index in [4.69, 9.17) is 5.26 Å². The van der Waals surface area contributed by atoms with Gasteiger partial charge in [-0.2, -0.15) is 5.26 Å². The number of hydrogen-bond donors (Lipinski definition) is 1. The molecule has 1 N–H and O–H groups in total. The van der Waals surface area contributed by atoms with Gasteiger partial charge < -0.3 is 4.90 Å². The van der Waals surface area contributed by atoms with Crippen LogP contribution in [-0.2, 0) is 0 Å². The number of rotatable bonds is 7. The van der Waals surface area contributed by atoms with Crippen molar-refractivity contribution in [3.8, 4) is 6.07 Å². The van der Waals surface area contributed by atoms with Crippen LogP contribution in [0.4, 0.5) is 0 Å². The molecule has 0 aliphatic rings. The van der Waals surface area contributed by atoms with E-state index in [1.807, 2.05) is 13.8 Å². The Bertz CT molecular complexity index is 207. The molecule has 15 heavy (non-hydrogen) atoms. The summed E-state index contributed by atoms with van der Waals surface area (Å²) in [5, 5.41) is 12.3. The molecule has 0 aliphatic carbocycles. The molecular formula is C12H25N3. The monoisotopic (exact) mass is 211 g/mol. The summed E-state index contributed by atoms with van der Waals surface area (Å²) < 4.78 is 0. The first-order valence-corrected chi connectivity index (χ1v) is 5.81. The number of nitriles is 1. The van der Waals surface area contributed by atoms with Crippen LogP contribution in [0.15, 0.2) is 0 Å². The third-order valence-corrected chi connectivity index (χ3v) is 2.88. The third kappa shape index (κ3) is 5.76. The van der Waals surface area contributed by atoms with Crippen LogP contribution in [0.1, 0.15) is 40.5 Å². The SMILES string of the molecule is CCNC(C)(C#N)CCCN(C)C(C)C. The normalized spacial score (nSPS) is 15.3. The van der Waals surface area contributed by atoms with Crippen LogP contribution in [0.25, 0.3) is 0 Å². The van der Waals surface area contributed by atoms with E-state index in [-0.39, 0.29) is 5.54 Å². The lowest BCUT2D eigenvalue weighted by molar-refractivity contribution is 0.257. The fourth-order valence-electron chi connectivity index (χ4n) is 1.51. The predicted octanol–water partition coefficient (Wildman–Crippen LogP) is 2.00. The summed E-state index contributed by atoms with van der Waals surface area (Å²) in [6.45, 7) is 10.3. The molecule has 0 aromatic carbocycles. The topological polar surface area (TPSA) is 39.1 Å². The van der Waals surface area contributed by atoms with E-state index in [1.165, 1.54) is 0 Å². The van der Waals surface area contributed by atoms with E-state index in [0.29, 0.717) is 6.04 Å². The molecule has 0 spiro atoms. The number of nitrogens with zero attached hydrogens (tertiary/aromatic N) is 2. The molecule has 0 amide bonds.